The fraction of sp³-hybridized carbons (Fsp3) is 0.467. The maximum atomic E-state index is 13.3. The molecule has 0 radical (unpaired) electrons. The molecule has 0 aliphatic carbocycles. The van der Waals surface area contributed by atoms with Gasteiger partial charge in [0.05, 0.1) is 24.9 Å². The lowest BCUT2D eigenvalue weighted by atomic mass is 10.1. The quantitative estimate of drug-likeness (QED) is 0.750. The normalized spacial score (nSPS) is 26.6. The molecule has 0 aromatic heterocycles. The zero-order valence-corrected chi connectivity index (χ0v) is 12.5. The van der Waals surface area contributed by atoms with Crippen molar-refractivity contribution in [3.8, 4) is 0 Å². The predicted molar refractivity (Wildman–Crippen MR) is 78.8 cm³/mol. The van der Waals surface area contributed by atoms with Crippen LogP contribution in [0, 0.1) is 0 Å². The van der Waals surface area contributed by atoms with Gasteiger partial charge >= 0.3 is 0 Å². The Balaban J connectivity index is 2.69. The molecule has 2 rings (SSSR count). The molecule has 18 heavy (non-hydrogen) atoms. The van der Waals surface area contributed by atoms with Gasteiger partial charge < -0.3 is 0 Å². The second-order valence-electron chi connectivity index (χ2n) is 6.26. The molecule has 0 amide bonds. The smallest absolute Gasteiger partial charge is 0.0844 e. The Hall–Kier alpha value is -1.09. The lowest BCUT2D eigenvalue weighted by molar-refractivity contribution is 0.628. The summed E-state index contributed by atoms with van der Waals surface area (Å²) in [6.07, 6.45) is 2.05. The van der Waals surface area contributed by atoms with Gasteiger partial charge in [0.25, 0.3) is 0 Å². The average Bonchev–Trinajstić information content (AvgIpc) is 2.50. The number of rotatable bonds is 1. The number of benzene rings is 1. The largest absolute Gasteiger partial charge is 0.244 e. The maximum Gasteiger partial charge on any atom is 0.0844 e. The van der Waals surface area contributed by atoms with E-state index in [-0.39, 0.29) is 10.3 Å². The SMILES string of the molecule is CC1(C)C=C(c2ccccc2)[S@](=O)(C(C)(C)C)=N1. The Morgan fingerprint density at radius 2 is 1.67 bits per heavy atom. The molecule has 0 saturated carbocycles. The topological polar surface area (TPSA) is 29.4 Å². The van der Waals surface area contributed by atoms with E-state index in [1.54, 1.807) is 0 Å². The summed E-state index contributed by atoms with van der Waals surface area (Å²) < 4.78 is 17.6. The van der Waals surface area contributed by atoms with Crippen LogP contribution >= 0.6 is 0 Å². The van der Waals surface area contributed by atoms with Crippen LogP contribution in [0.3, 0.4) is 0 Å². The molecular weight excluding hydrogens is 242 g/mol. The lowest BCUT2D eigenvalue weighted by Crippen LogP contribution is -2.27. The summed E-state index contributed by atoms with van der Waals surface area (Å²) in [5.74, 6) is 0. The van der Waals surface area contributed by atoms with Crippen molar-refractivity contribution in [1.29, 1.82) is 0 Å². The molecule has 0 spiro atoms. The van der Waals surface area contributed by atoms with Gasteiger partial charge in [0.15, 0.2) is 0 Å². The van der Waals surface area contributed by atoms with Crippen LogP contribution in [0.25, 0.3) is 4.91 Å². The molecular formula is C15H21NOS. The fourth-order valence-electron chi connectivity index (χ4n) is 2.12. The van der Waals surface area contributed by atoms with Crippen molar-refractivity contribution in [1.82, 2.24) is 0 Å². The van der Waals surface area contributed by atoms with Crippen molar-refractivity contribution < 1.29 is 4.21 Å². The third kappa shape index (κ3) is 2.12. The minimum absolute atomic E-state index is 0.352. The highest BCUT2D eigenvalue weighted by molar-refractivity contribution is 8.04. The van der Waals surface area contributed by atoms with E-state index in [2.05, 4.69) is 10.4 Å². The predicted octanol–water partition coefficient (Wildman–Crippen LogP) is 4.09. The zero-order valence-electron chi connectivity index (χ0n) is 11.7. The van der Waals surface area contributed by atoms with E-state index >= 15 is 0 Å². The van der Waals surface area contributed by atoms with Gasteiger partial charge in [-0.3, -0.25) is 0 Å². The molecule has 2 nitrogen and oxygen atoms in total. The second-order valence-corrected chi connectivity index (χ2v) is 9.16. The molecule has 98 valence electrons. The molecule has 3 heteroatoms. The van der Waals surface area contributed by atoms with E-state index in [0.717, 1.165) is 10.5 Å². The van der Waals surface area contributed by atoms with Crippen LogP contribution in [0.4, 0.5) is 0 Å². The molecule has 0 bridgehead atoms. The molecule has 1 aliphatic rings. The Kier molecular flexibility index (Phi) is 2.93. The minimum atomic E-state index is -2.39. The summed E-state index contributed by atoms with van der Waals surface area (Å²) in [6.45, 7) is 10.0. The summed E-state index contributed by atoms with van der Waals surface area (Å²) in [5, 5.41) is 0. The van der Waals surface area contributed by atoms with Crippen LogP contribution in [0.1, 0.15) is 40.2 Å². The molecule has 0 saturated heterocycles. The number of hydrogen-bond acceptors (Lipinski definition) is 2. The summed E-state index contributed by atoms with van der Waals surface area (Å²) in [6, 6.07) is 9.94. The highest BCUT2D eigenvalue weighted by atomic mass is 32.2. The monoisotopic (exact) mass is 263 g/mol. The Bertz CT molecular complexity index is 597. The molecule has 1 aromatic carbocycles. The van der Waals surface area contributed by atoms with Crippen molar-refractivity contribution in [2.24, 2.45) is 4.36 Å². The first kappa shape index (κ1) is 13.3. The van der Waals surface area contributed by atoms with E-state index < -0.39 is 9.73 Å². The van der Waals surface area contributed by atoms with Gasteiger partial charge in [-0.2, -0.15) is 0 Å². The van der Waals surface area contributed by atoms with Crippen molar-refractivity contribution in [2.45, 2.75) is 44.9 Å². The first-order valence-corrected chi connectivity index (χ1v) is 7.73. The first-order valence-electron chi connectivity index (χ1n) is 6.22. The molecule has 1 aromatic rings. The minimum Gasteiger partial charge on any atom is -0.244 e. The van der Waals surface area contributed by atoms with Crippen molar-refractivity contribution in [3.63, 3.8) is 0 Å². The van der Waals surface area contributed by atoms with E-state index in [9.17, 15) is 4.21 Å². The van der Waals surface area contributed by atoms with Crippen LogP contribution in [-0.4, -0.2) is 14.5 Å². The van der Waals surface area contributed by atoms with E-state index in [1.165, 1.54) is 0 Å². The van der Waals surface area contributed by atoms with Gasteiger partial charge in [0.1, 0.15) is 0 Å². The standard InChI is InChI=1S/C15H21NOS/c1-14(2,3)18(17)13(11-15(4,5)16-18)12-9-7-6-8-10-12/h6-11H,1-5H3/t18-/m0/s1. The number of nitrogens with zero attached hydrogens (tertiary/aromatic N) is 1. The van der Waals surface area contributed by atoms with Gasteiger partial charge in [-0.05, 0) is 46.3 Å². The molecule has 1 aliphatic heterocycles. The van der Waals surface area contributed by atoms with E-state index in [0.29, 0.717) is 0 Å². The number of hydrogen-bond donors (Lipinski definition) is 0. The van der Waals surface area contributed by atoms with Crippen LogP contribution in [0.2, 0.25) is 0 Å². The van der Waals surface area contributed by atoms with E-state index in [4.69, 9.17) is 0 Å². The maximum absolute atomic E-state index is 13.3. The first-order chi connectivity index (χ1) is 8.16. The van der Waals surface area contributed by atoms with Crippen molar-refractivity contribution in [2.75, 3.05) is 0 Å². The van der Waals surface area contributed by atoms with Gasteiger partial charge in [-0.15, -0.1) is 0 Å². The second kappa shape index (κ2) is 3.95. The third-order valence-electron chi connectivity index (χ3n) is 3.03. The van der Waals surface area contributed by atoms with Crippen LogP contribution < -0.4 is 0 Å². The van der Waals surface area contributed by atoms with Gasteiger partial charge in [0, 0.05) is 0 Å². The van der Waals surface area contributed by atoms with Crippen LogP contribution in [0.15, 0.2) is 40.8 Å². The molecule has 0 fully saturated rings. The lowest BCUT2D eigenvalue weighted by Gasteiger charge is -2.24. The van der Waals surface area contributed by atoms with Crippen LogP contribution in [-0.2, 0) is 9.73 Å². The van der Waals surface area contributed by atoms with E-state index in [1.807, 2.05) is 65.0 Å². The summed E-state index contributed by atoms with van der Waals surface area (Å²) in [4.78, 5) is 0.889. The molecule has 0 N–H and O–H groups in total. The average molecular weight is 263 g/mol. The summed E-state index contributed by atoms with van der Waals surface area (Å²) in [7, 11) is -2.39. The van der Waals surface area contributed by atoms with Crippen LogP contribution in [0.5, 0.6) is 0 Å². The Labute approximate surface area is 110 Å². The third-order valence-corrected chi connectivity index (χ3v) is 6.37. The Morgan fingerprint density at radius 1 is 1.11 bits per heavy atom. The van der Waals surface area contributed by atoms with Gasteiger partial charge in [0.2, 0.25) is 0 Å². The zero-order chi connectivity index (χ0) is 13.6. The summed E-state index contributed by atoms with van der Waals surface area (Å²) >= 11 is 0. The fourth-order valence-corrected chi connectivity index (χ4v) is 4.77. The van der Waals surface area contributed by atoms with Gasteiger partial charge in [-0.25, -0.2) is 8.57 Å². The molecule has 1 heterocycles. The van der Waals surface area contributed by atoms with Crippen molar-refractivity contribution >= 4 is 14.6 Å². The van der Waals surface area contributed by atoms with Crippen molar-refractivity contribution in [3.05, 3.63) is 42.0 Å². The summed E-state index contributed by atoms with van der Waals surface area (Å²) in [5.41, 5.74) is 0.668. The van der Waals surface area contributed by atoms with Gasteiger partial charge in [-0.1, -0.05) is 30.3 Å². The molecule has 0 unspecified atom stereocenters. The molecule has 1 atom stereocenters. The highest BCUT2D eigenvalue weighted by Gasteiger charge is 2.39. The Morgan fingerprint density at radius 3 is 2.17 bits per heavy atom. The highest BCUT2D eigenvalue weighted by Crippen LogP contribution is 2.41.